The van der Waals surface area contributed by atoms with Gasteiger partial charge in [0.05, 0.1) is 23.9 Å². The summed E-state index contributed by atoms with van der Waals surface area (Å²) >= 11 is 3.36. The SMILES string of the molecule is N#Cc1ccc(Br)cc1NCC(O)Cn1cccn1. The summed E-state index contributed by atoms with van der Waals surface area (Å²) in [5.74, 6) is 0. The fourth-order valence-electron chi connectivity index (χ4n) is 1.68. The van der Waals surface area contributed by atoms with Gasteiger partial charge >= 0.3 is 0 Å². The first-order valence-corrected chi connectivity index (χ1v) is 6.57. The number of rotatable bonds is 5. The van der Waals surface area contributed by atoms with Gasteiger partial charge in [0.1, 0.15) is 6.07 Å². The second kappa shape index (κ2) is 6.36. The van der Waals surface area contributed by atoms with E-state index in [2.05, 4.69) is 32.4 Å². The summed E-state index contributed by atoms with van der Waals surface area (Å²) in [7, 11) is 0. The summed E-state index contributed by atoms with van der Waals surface area (Å²) in [4.78, 5) is 0. The number of benzene rings is 1. The molecule has 6 heteroatoms. The maximum absolute atomic E-state index is 9.90. The molecule has 5 nitrogen and oxygen atoms in total. The molecule has 0 aliphatic rings. The van der Waals surface area contributed by atoms with Gasteiger partial charge in [-0.05, 0) is 24.3 Å². The van der Waals surface area contributed by atoms with Crippen molar-refractivity contribution >= 4 is 21.6 Å². The number of halogens is 1. The normalized spacial score (nSPS) is 11.8. The molecule has 0 fully saturated rings. The Morgan fingerprint density at radius 3 is 3.05 bits per heavy atom. The highest BCUT2D eigenvalue weighted by atomic mass is 79.9. The standard InChI is InChI=1S/C13H13BrN4O/c14-11-3-2-10(7-15)13(6-11)16-8-12(19)9-18-5-1-4-17-18/h1-6,12,16,19H,8-9H2. The van der Waals surface area contributed by atoms with Crippen molar-refractivity contribution < 1.29 is 5.11 Å². The van der Waals surface area contributed by atoms with Crippen LogP contribution in [0.25, 0.3) is 0 Å². The third-order valence-corrected chi connectivity index (χ3v) is 3.08. The van der Waals surface area contributed by atoms with E-state index >= 15 is 0 Å². The Balaban J connectivity index is 1.95. The summed E-state index contributed by atoms with van der Waals surface area (Å²) in [6, 6.07) is 9.27. The Morgan fingerprint density at radius 1 is 1.53 bits per heavy atom. The number of aliphatic hydroxyl groups excluding tert-OH is 1. The van der Waals surface area contributed by atoms with Gasteiger partial charge in [-0.3, -0.25) is 4.68 Å². The molecule has 1 heterocycles. The first kappa shape index (κ1) is 13.6. The van der Waals surface area contributed by atoms with Crippen LogP contribution in [0.15, 0.2) is 41.1 Å². The van der Waals surface area contributed by atoms with Crippen molar-refractivity contribution in [2.45, 2.75) is 12.6 Å². The lowest BCUT2D eigenvalue weighted by molar-refractivity contribution is 0.161. The van der Waals surface area contributed by atoms with Gasteiger partial charge in [-0.1, -0.05) is 15.9 Å². The zero-order chi connectivity index (χ0) is 13.7. The Morgan fingerprint density at radius 2 is 2.37 bits per heavy atom. The fraction of sp³-hybridized carbons (Fsp3) is 0.231. The molecule has 0 saturated carbocycles. The lowest BCUT2D eigenvalue weighted by atomic mass is 10.2. The van der Waals surface area contributed by atoms with E-state index < -0.39 is 6.10 Å². The van der Waals surface area contributed by atoms with Crippen LogP contribution in [-0.2, 0) is 6.54 Å². The highest BCUT2D eigenvalue weighted by Gasteiger charge is 2.07. The van der Waals surface area contributed by atoms with E-state index in [0.29, 0.717) is 24.3 Å². The summed E-state index contributed by atoms with van der Waals surface area (Å²) < 4.78 is 2.55. The van der Waals surface area contributed by atoms with Gasteiger partial charge in [0.2, 0.25) is 0 Å². The predicted molar refractivity (Wildman–Crippen MR) is 75.6 cm³/mol. The van der Waals surface area contributed by atoms with Gasteiger partial charge in [0.25, 0.3) is 0 Å². The van der Waals surface area contributed by atoms with Crippen molar-refractivity contribution in [2.24, 2.45) is 0 Å². The highest BCUT2D eigenvalue weighted by Crippen LogP contribution is 2.20. The molecule has 0 bridgehead atoms. The van der Waals surface area contributed by atoms with Crippen LogP contribution in [0.4, 0.5) is 5.69 Å². The summed E-state index contributed by atoms with van der Waals surface area (Å²) in [6.45, 7) is 0.765. The van der Waals surface area contributed by atoms with E-state index in [0.717, 1.165) is 4.47 Å². The molecule has 0 saturated heterocycles. The Labute approximate surface area is 119 Å². The van der Waals surface area contributed by atoms with Crippen molar-refractivity contribution in [2.75, 3.05) is 11.9 Å². The van der Waals surface area contributed by atoms with E-state index in [1.165, 1.54) is 0 Å². The molecule has 1 aromatic carbocycles. The number of nitriles is 1. The lowest BCUT2D eigenvalue weighted by Gasteiger charge is -2.14. The molecule has 0 radical (unpaired) electrons. The molecule has 0 amide bonds. The minimum Gasteiger partial charge on any atom is -0.389 e. The third kappa shape index (κ3) is 3.81. The number of aromatic nitrogens is 2. The van der Waals surface area contributed by atoms with Gasteiger partial charge in [0.15, 0.2) is 0 Å². The number of nitrogens with one attached hydrogen (secondary N) is 1. The van der Waals surface area contributed by atoms with Crippen LogP contribution >= 0.6 is 15.9 Å². The molecule has 0 aliphatic carbocycles. The second-order valence-corrected chi connectivity index (χ2v) is 4.98. The molecule has 2 rings (SSSR count). The van der Waals surface area contributed by atoms with E-state index in [1.807, 2.05) is 18.2 Å². The molecule has 2 N–H and O–H groups in total. The maximum Gasteiger partial charge on any atom is 0.101 e. The molecular weight excluding hydrogens is 308 g/mol. The number of nitrogens with zero attached hydrogens (tertiary/aromatic N) is 3. The molecule has 98 valence electrons. The molecule has 1 unspecified atom stereocenters. The van der Waals surface area contributed by atoms with E-state index in [-0.39, 0.29) is 0 Å². The largest absolute Gasteiger partial charge is 0.389 e. The summed E-state index contributed by atoms with van der Waals surface area (Å²) in [5.41, 5.74) is 1.26. The van der Waals surface area contributed by atoms with Crippen LogP contribution in [0.3, 0.4) is 0 Å². The Kier molecular flexibility index (Phi) is 4.55. The first-order chi connectivity index (χ1) is 9.19. The average molecular weight is 321 g/mol. The van der Waals surface area contributed by atoms with Crippen LogP contribution in [0, 0.1) is 11.3 Å². The predicted octanol–water partition coefficient (Wildman–Crippen LogP) is 1.99. The van der Waals surface area contributed by atoms with Crippen molar-refractivity contribution in [3.8, 4) is 6.07 Å². The third-order valence-electron chi connectivity index (χ3n) is 2.59. The Hall–Kier alpha value is -1.84. The maximum atomic E-state index is 9.90. The van der Waals surface area contributed by atoms with Crippen LogP contribution in [0.2, 0.25) is 0 Å². The van der Waals surface area contributed by atoms with Gasteiger partial charge in [-0.2, -0.15) is 10.4 Å². The van der Waals surface area contributed by atoms with Crippen LogP contribution in [-0.4, -0.2) is 27.5 Å². The zero-order valence-electron chi connectivity index (χ0n) is 10.1. The topological polar surface area (TPSA) is 73.9 Å². The first-order valence-electron chi connectivity index (χ1n) is 5.78. The van der Waals surface area contributed by atoms with Crippen molar-refractivity contribution in [1.29, 1.82) is 5.26 Å². The highest BCUT2D eigenvalue weighted by molar-refractivity contribution is 9.10. The van der Waals surface area contributed by atoms with Gasteiger partial charge < -0.3 is 10.4 Å². The minimum atomic E-state index is -0.578. The van der Waals surface area contributed by atoms with Gasteiger partial charge in [-0.15, -0.1) is 0 Å². The van der Waals surface area contributed by atoms with Crippen molar-refractivity contribution in [3.05, 3.63) is 46.7 Å². The van der Waals surface area contributed by atoms with E-state index in [1.54, 1.807) is 23.1 Å². The summed E-state index contributed by atoms with van der Waals surface area (Å²) in [6.07, 6.45) is 2.89. The Bertz CT molecular complexity index is 577. The monoisotopic (exact) mass is 320 g/mol. The fourth-order valence-corrected chi connectivity index (χ4v) is 2.04. The van der Waals surface area contributed by atoms with Crippen molar-refractivity contribution in [3.63, 3.8) is 0 Å². The molecule has 1 atom stereocenters. The molecule has 1 aromatic heterocycles. The number of aliphatic hydroxyl groups is 1. The zero-order valence-corrected chi connectivity index (χ0v) is 11.7. The summed E-state index contributed by atoms with van der Waals surface area (Å²) in [5, 5.41) is 26.0. The molecule has 2 aromatic rings. The molecule has 0 aliphatic heterocycles. The van der Waals surface area contributed by atoms with E-state index in [9.17, 15) is 5.11 Å². The number of hydrogen-bond donors (Lipinski definition) is 2. The number of hydrogen-bond acceptors (Lipinski definition) is 4. The lowest BCUT2D eigenvalue weighted by Crippen LogP contribution is -2.25. The smallest absolute Gasteiger partial charge is 0.101 e. The second-order valence-electron chi connectivity index (χ2n) is 4.06. The van der Waals surface area contributed by atoms with Gasteiger partial charge in [0, 0.05) is 23.4 Å². The van der Waals surface area contributed by atoms with Crippen LogP contribution < -0.4 is 5.32 Å². The molecule has 0 spiro atoms. The van der Waals surface area contributed by atoms with E-state index in [4.69, 9.17) is 5.26 Å². The average Bonchev–Trinajstić information content (AvgIpc) is 2.89. The quantitative estimate of drug-likeness (QED) is 0.883. The minimum absolute atomic E-state index is 0.352. The molecular formula is C13H13BrN4O. The number of anilines is 1. The van der Waals surface area contributed by atoms with Crippen LogP contribution in [0.5, 0.6) is 0 Å². The van der Waals surface area contributed by atoms with Gasteiger partial charge in [-0.25, -0.2) is 0 Å². The molecule has 19 heavy (non-hydrogen) atoms. The van der Waals surface area contributed by atoms with Crippen molar-refractivity contribution in [1.82, 2.24) is 9.78 Å². The van der Waals surface area contributed by atoms with Crippen LogP contribution in [0.1, 0.15) is 5.56 Å².